The molecule has 16 heavy (non-hydrogen) atoms. The highest BCUT2D eigenvalue weighted by Crippen LogP contribution is 2.15. The van der Waals surface area contributed by atoms with Crippen LogP contribution in [0.15, 0.2) is 6.20 Å². The minimum absolute atomic E-state index is 0.107. The zero-order chi connectivity index (χ0) is 12.0. The molecule has 88 valence electrons. The largest absolute Gasteiger partial charge is 0.492 e. The molecular formula is C9H14N4O3. The lowest BCUT2D eigenvalue weighted by molar-refractivity contribution is -0.142. The number of nitrogens with zero attached hydrogens (tertiary/aromatic N) is 2. The number of ether oxygens (including phenoxy) is 1. The van der Waals surface area contributed by atoms with Crippen LogP contribution in [0.4, 0.5) is 11.6 Å². The van der Waals surface area contributed by atoms with Crippen molar-refractivity contribution in [1.82, 2.24) is 9.97 Å². The molecule has 0 aliphatic rings. The maximum Gasteiger partial charge on any atom is 0.307 e. The maximum absolute atomic E-state index is 11.0. The van der Waals surface area contributed by atoms with E-state index in [1.807, 2.05) is 0 Å². The second-order valence-corrected chi connectivity index (χ2v) is 2.95. The van der Waals surface area contributed by atoms with Crippen LogP contribution in [0.25, 0.3) is 0 Å². The van der Waals surface area contributed by atoms with Gasteiger partial charge in [-0.2, -0.15) is 4.98 Å². The number of esters is 1. The van der Waals surface area contributed by atoms with Crippen molar-refractivity contribution in [3.63, 3.8) is 0 Å². The summed E-state index contributed by atoms with van der Waals surface area (Å²) in [6.07, 6.45) is 1.50. The molecule has 7 heteroatoms. The number of hydrogen-bond acceptors (Lipinski definition) is 7. The van der Waals surface area contributed by atoms with Crippen LogP contribution < -0.4 is 11.1 Å². The fourth-order valence-electron chi connectivity index (χ4n) is 0.977. The van der Waals surface area contributed by atoms with Crippen molar-refractivity contribution in [3.05, 3.63) is 6.20 Å². The molecule has 1 heterocycles. The normalized spacial score (nSPS) is 9.81. The molecule has 0 fully saturated rings. The van der Waals surface area contributed by atoms with Crippen LogP contribution in [0.5, 0.6) is 5.88 Å². The second-order valence-electron chi connectivity index (χ2n) is 2.95. The second kappa shape index (κ2) is 5.74. The number of carbonyl (C=O) groups is 1. The minimum Gasteiger partial charge on any atom is -0.492 e. The predicted octanol–water partition coefficient (Wildman–Crippen LogP) is 0.129. The lowest BCUT2D eigenvalue weighted by Gasteiger charge is -2.05. The highest BCUT2D eigenvalue weighted by atomic mass is 16.5. The molecule has 0 radical (unpaired) electrons. The zero-order valence-corrected chi connectivity index (χ0v) is 8.93. The SMILES string of the molecule is CCOC(=O)CCNc1ncc(N)c(O)n1. The maximum atomic E-state index is 11.0. The standard InChI is InChI=1S/C9H14N4O3/c1-2-16-7(14)3-4-11-9-12-5-6(10)8(15)13-9/h5H,2-4,10H2,1H3,(H2,11,12,13,15). The Bertz CT molecular complexity index is 370. The molecule has 1 aromatic heterocycles. The fraction of sp³-hybridized carbons (Fsp3) is 0.444. The third-order valence-corrected chi connectivity index (χ3v) is 1.71. The fourth-order valence-corrected chi connectivity index (χ4v) is 0.977. The molecule has 7 nitrogen and oxygen atoms in total. The zero-order valence-electron chi connectivity index (χ0n) is 8.93. The van der Waals surface area contributed by atoms with Crippen molar-refractivity contribution in [1.29, 1.82) is 0 Å². The number of nitrogens with one attached hydrogen (secondary N) is 1. The molecule has 0 saturated carbocycles. The summed E-state index contributed by atoms with van der Waals surface area (Å²) in [5, 5.41) is 11.9. The van der Waals surface area contributed by atoms with Crippen molar-refractivity contribution in [2.75, 3.05) is 24.2 Å². The Balaban J connectivity index is 2.37. The van der Waals surface area contributed by atoms with Gasteiger partial charge in [-0.3, -0.25) is 4.79 Å². The van der Waals surface area contributed by atoms with E-state index in [4.69, 9.17) is 10.5 Å². The van der Waals surface area contributed by atoms with E-state index in [-0.39, 0.29) is 29.9 Å². The first kappa shape index (κ1) is 12.0. The molecule has 1 rings (SSSR count). The summed E-state index contributed by atoms with van der Waals surface area (Å²) in [4.78, 5) is 18.5. The van der Waals surface area contributed by atoms with Crippen LogP contribution in [0.2, 0.25) is 0 Å². The Morgan fingerprint density at radius 2 is 2.44 bits per heavy atom. The van der Waals surface area contributed by atoms with Crippen molar-refractivity contribution in [2.24, 2.45) is 0 Å². The summed E-state index contributed by atoms with van der Waals surface area (Å²) >= 11 is 0. The minimum atomic E-state index is -0.297. The van der Waals surface area contributed by atoms with Crippen LogP contribution in [0.1, 0.15) is 13.3 Å². The first-order chi connectivity index (χ1) is 7.63. The van der Waals surface area contributed by atoms with Gasteiger partial charge in [0.2, 0.25) is 11.8 Å². The van der Waals surface area contributed by atoms with Crippen LogP contribution in [0.3, 0.4) is 0 Å². The lowest BCUT2D eigenvalue weighted by atomic mass is 10.4. The van der Waals surface area contributed by atoms with Gasteiger partial charge in [0.25, 0.3) is 0 Å². The number of nitrogen functional groups attached to an aromatic ring is 1. The average molecular weight is 226 g/mol. The third-order valence-electron chi connectivity index (χ3n) is 1.71. The van der Waals surface area contributed by atoms with Gasteiger partial charge in [-0.25, -0.2) is 4.98 Å². The number of hydrogen-bond donors (Lipinski definition) is 3. The summed E-state index contributed by atoms with van der Waals surface area (Å²) in [5.41, 5.74) is 5.44. The lowest BCUT2D eigenvalue weighted by Crippen LogP contribution is -2.12. The van der Waals surface area contributed by atoms with Crippen molar-refractivity contribution in [2.45, 2.75) is 13.3 Å². The van der Waals surface area contributed by atoms with Gasteiger partial charge in [-0.05, 0) is 6.92 Å². The molecule has 4 N–H and O–H groups in total. The topological polar surface area (TPSA) is 110 Å². The highest BCUT2D eigenvalue weighted by molar-refractivity contribution is 5.69. The van der Waals surface area contributed by atoms with E-state index in [9.17, 15) is 9.90 Å². The van der Waals surface area contributed by atoms with Crippen LogP contribution >= 0.6 is 0 Å². The van der Waals surface area contributed by atoms with Gasteiger partial charge in [-0.15, -0.1) is 0 Å². The van der Waals surface area contributed by atoms with Gasteiger partial charge in [0, 0.05) is 6.54 Å². The molecule has 0 amide bonds. The van der Waals surface area contributed by atoms with Crippen LogP contribution in [-0.4, -0.2) is 34.2 Å². The average Bonchev–Trinajstić information content (AvgIpc) is 2.24. The number of carbonyl (C=O) groups excluding carboxylic acids is 1. The summed E-state index contributed by atoms with van der Waals surface area (Å²) in [7, 11) is 0. The van der Waals surface area contributed by atoms with Crippen molar-refractivity contribution in [3.8, 4) is 5.88 Å². The first-order valence-electron chi connectivity index (χ1n) is 4.84. The number of nitrogens with two attached hydrogens (primary N) is 1. The van der Waals surface area contributed by atoms with E-state index in [0.29, 0.717) is 13.2 Å². The quantitative estimate of drug-likeness (QED) is 0.612. The van der Waals surface area contributed by atoms with Crippen LogP contribution in [0, 0.1) is 0 Å². The molecular weight excluding hydrogens is 212 g/mol. The van der Waals surface area contributed by atoms with E-state index in [1.54, 1.807) is 6.92 Å². The molecule has 0 unspecified atom stereocenters. The number of anilines is 2. The van der Waals surface area contributed by atoms with Gasteiger partial charge in [-0.1, -0.05) is 0 Å². The van der Waals surface area contributed by atoms with Crippen molar-refractivity contribution < 1.29 is 14.6 Å². The molecule has 0 aliphatic carbocycles. The molecule has 0 aliphatic heterocycles. The highest BCUT2D eigenvalue weighted by Gasteiger charge is 2.04. The first-order valence-corrected chi connectivity index (χ1v) is 4.84. The van der Waals surface area contributed by atoms with Gasteiger partial charge < -0.3 is 20.9 Å². The number of aromatic hydroxyl groups is 1. The summed E-state index contributed by atoms with van der Waals surface area (Å²) < 4.78 is 4.73. The van der Waals surface area contributed by atoms with Crippen molar-refractivity contribution >= 4 is 17.6 Å². The molecule has 0 aromatic carbocycles. The van der Waals surface area contributed by atoms with E-state index in [2.05, 4.69) is 15.3 Å². The molecule has 0 atom stereocenters. The van der Waals surface area contributed by atoms with Gasteiger partial charge in [0.05, 0.1) is 19.2 Å². The molecule has 0 bridgehead atoms. The van der Waals surface area contributed by atoms with Gasteiger partial charge in [0.1, 0.15) is 5.69 Å². The Labute approximate surface area is 92.7 Å². The Hall–Kier alpha value is -2.05. The van der Waals surface area contributed by atoms with Gasteiger partial charge >= 0.3 is 5.97 Å². The van der Waals surface area contributed by atoms with Gasteiger partial charge in [0.15, 0.2) is 0 Å². The number of aromatic nitrogens is 2. The Kier molecular flexibility index (Phi) is 4.31. The summed E-state index contributed by atoms with van der Waals surface area (Å²) in [6, 6.07) is 0. The third kappa shape index (κ3) is 3.60. The van der Waals surface area contributed by atoms with E-state index < -0.39 is 0 Å². The van der Waals surface area contributed by atoms with E-state index >= 15 is 0 Å². The van der Waals surface area contributed by atoms with E-state index in [0.717, 1.165) is 0 Å². The van der Waals surface area contributed by atoms with E-state index in [1.165, 1.54) is 6.20 Å². The molecule has 1 aromatic rings. The summed E-state index contributed by atoms with van der Waals surface area (Å²) in [6.45, 7) is 2.44. The number of rotatable bonds is 5. The molecule has 0 saturated heterocycles. The smallest absolute Gasteiger partial charge is 0.307 e. The Morgan fingerprint density at radius 3 is 3.06 bits per heavy atom. The van der Waals surface area contributed by atoms with Crippen LogP contribution in [-0.2, 0) is 9.53 Å². The monoisotopic (exact) mass is 226 g/mol. The predicted molar refractivity (Wildman–Crippen MR) is 57.8 cm³/mol. The Morgan fingerprint density at radius 1 is 1.69 bits per heavy atom. The molecule has 0 spiro atoms. The summed E-state index contributed by atoms with van der Waals surface area (Å²) in [5.74, 6) is -0.362.